The number of esters is 1. The summed E-state index contributed by atoms with van der Waals surface area (Å²) in [5.41, 5.74) is 1.75. The summed E-state index contributed by atoms with van der Waals surface area (Å²) in [6.07, 6.45) is 0. The Morgan fingerprint density at radius 2 is 1.68 bits per heavy atom. The molecule has 2 rings (SSSR count). The fourth-order valence-electron chi connectivity index (χ4n) is 2.11. The predicted octanol–water partition coefficient (Wildman–Crippen LogP) is 3.61. The monoisotopic (exact) mass is 297 g/mol. The summed E-state index contributed by atoms with van der Waals surface area (Å²) in [5.74, 6) is -0.912. The first-order valence-corrected chi connectivity index (χ1v) is 7.25. The Hall–Kier alpha value is -2.62. The first-order chi connectivity index (χ1) is 10.6. The Balaban J connectivity index is 2.17. The van der Waals surface area contributed by atoms with E-state index in [9.17, 15) is 9.59 Å². The van der Waals surface area contributed by atoms with E-state index in [1.807, 2.05) is 37.3 Å². The summed E-state index contributed by atoms with van der Waals surface area (Å²) in [4.78, 5) is 24.3. The summed E-state index contributed by atoms with van der Waals surface area (Å²) >= 11 is 0. The average Bonchev–Trinajstić information content (AvgIpc) is 2.55. The molecule has 22 heavy (non-hydrogen) atoms. The van der Waals surface area contributed by atoms with Crippen LogP contribution in [0.2, 0.25) is 0 Å². The molecule has 114 valence electrons. The van der Waals surface area contributed by atoms with Gasteiger partial charge in [-0.2, -0.15) is 0 Å². The summed E-state index contributed by atoms with van der Waals surface area (Å²) in [5, 5.41) is 2.81. The van der Waals surface area contributed by atoms with Crippen molar-refractivity contribution in [3.05, 3.63) is 65.7 Å². The Labute approximate surface area is 130 Å². The van der Waals surface area contributed by atoms with Gasteiger partial charge in [-0.25, -0.2) is 4.79 Å². The van der Waals surface area contributed by atoms with Crippen LogP contribution in [0.15, 0.2) is 54.6 Å². The van der Waals surface area contributed by atoms with E-state index in [-0.39, 0.29) is 11.8 Å². The molecule has 1 amide bonds. The number of para-hydroxylation sites is 1. The molecule has 4 heteroatoms. The second-order valence-electron chi connectivity index (χ2n) is 4.89. The molecular weight excluding hydrogens is 278 g/mol. The van der Waals surface area contributed by atoms with Gasteiger partial charge in [0.15, 0.2) is 0 Å². The van der Waals surface area contributed by atoms with E-state index < -0.39 is 5.97 Å². The third kappa shape index (κ3) is 3.73. The fraction of sp³-hybridized carbons (Fsp3) is 0.222. The summed E-state index contributed by atoms with van der Waals surface area (Å²) in [7, 11) is 0. The van der Waals surface area contributed by atoms with Crippen molar-refractivity contribution in [3.63, 3.8) is 0 Å². The van der Waals surface area contributed by atoms with Gasteiger partial charge in [-0.1, -0.05) is 42.5 Å². The molecule has 0 fully saturated rings. The topological polar surface area (TPSA) is 55.4 Å². The molecule has 0 aromatic heterocycles. The highest BCUT2D eigenvalue weighted by Crippen LogP contribution is 2.20. The standard InChI is InChI=1S/C18H19NO3/c1-3-22-18(21)15-11-7-8-12-16(15)19-17(20)13(2)14-9-5-4-6-10-14/h4-13H,3H2,1-2H3,(H,19,20)/t13-/m0/s1. The van der Waals surface area contributed by atoms with E-state index in [4.69, 9.17) is 4.74 Å². The van der Waals surface area contributed by atoms with Crippen LogP contribution >= 0.6 is 0 Å². The summed E-state index contributed by atoms with van der Waals surface area (Å²) in [6.45, 7) is 3.87. The molecule has 0 heterocycles. The molecule has 1 N–H and O–H groups in total. The molecule has 0 radical (unpaired) electrons. The molecule has 0 unspecified atom stereocenters. The normalized spacial score (nSPS) is 11.5. The van der Waals surface area contributed by atoms with Crippen LogP contribution in [0.5, 0.6) is 0 Å². The van der Waals surface area contributed by atoms with Gasteiger partial charge in [0.25, 0.3) is 0 Å². The van der Waals surface area contributed by atoms with Crippen molar-refractivity contribution in [1.29, 1.82) is 0 Å². The Bertz CT molecular complexity index is 652. The van der Waals surface area contributed by atoms with Crippen molar-refractivity contribution < 1.29 is 14.3 Å². The lowest BCUT2D eigenvalue weighted by Gasteiger charge is -2.14. The van der Waals surface area contributed by atoms with E-state index >= 15 is 0 Å². The van der Waals surface area contributed by atoms with E-state index in [2.05, 4.69) is 5.32 Å². The molecular formula is C18H19NO3. The van der Waals surface area contributed by atoms with Crippen LogP contribution in [0.4, 0.5) is 5.69 Å². The Morgan fingerprint density at radius 1 is 1.05 bits per heavy atom. The van der Waals surface area contributed by atoms with Gasteiger partial charge < -0.3 is 10.1 Å². The van der Waals surface area contributed by atoms with Crippen LogP contribution < -0.4 is 5.32 Å². The highest BCUT2D eigenvalue weighted by molar-refractivity contribution is 6.03. The molecule has 2 aromatic rings. The lowest BCUT2D eigenvalue weighted by Crippen LogP contribution is -2.20. The third-order valence-corrected chi connectivity index (χ3v) is 3.37. The molecule has 0 aliphatic carbocycles. The van der Waals surface area contributed by atoms with Crippen molar-refractivity contribution >= 4 is 17.6 Å². The highest BCUT2D eigenvalue weighted by Gasteiger charge is 2.18. The molecule has 4 nitrogen and oxygen atoms in total. The second kappa shape index (κ2) is 7.41. The van der Waals surface area contributed by atoms with Crippen molar-refractivity contribution in [3.8, 4) is 0 Å². The predicted molar refractivity (Wildman–Crippen MR) is 85.9 cm³/mol. The number of anilines is 1. The van der Waals surface area contributed by atoms with E-state index in [0.717, 1.165) is 5.56 Å². The zero-order valence-electron chi connectivity index (χ0n) is 12.7. The van der Waals surface area contributed by atoms with Crippen molar-refractivity contribution in [2.45, 2.75) is 19.8 Å². The second-order valence-corrected chi connectivity index (χ2v) is 4.89. The lowest BCUT2D eigenvalue weighted by atomic mass is 10.0. The maximum Gasteiger partial charge on any atom is 0.340 e. The zero-order chi connectivity index (χ0) is 15.9. The van der Waals surface area contributed by atoms with Crippen molar-refractivity contribution in [2.24, 2.45) is 0 Å². The number of hydrogen-bond donors (Lipinski definition) is 1. The molecule has 0 saturated heterocycles. The quantitative estimate of drug-likeness (QED) is 0.858. The Kier molecular flexibility index (Phi) is 5.31. The van der Waals surface area contributed by atoms with Crippen LogP contribution in [-0.2, 0) is 9.53 Å². The number of nitrogens with one attached hydrogen (secondary N) is 1. The SMILES string of the molecule is CCOC(=O)c1ccccc1NC(=O)[C@@H](C)c1ccccc1. The largest absolute Gasteiger partial charge is 0.462 e. The van der Waals surface area contributed by atoms with Gasteiger partial charge in [0, 0.05) is 0 Å². The molecule has 0 saturated carbocycles. The maximum atomic E-state index is 12.4. The minimum absolute atomic E-state index is 0.164. The molecule has 0 bridgehead atoms. The van der Waals surface area contributed by atoms with Crippen LogP contribution in [0.3, 0.4) is 0 Å². The van der Waals surface area contributed by atoms with E-state index in [0.29, 0.717) is 17.9 Å². The summed E-state index contributed by atoms with van der Waals surface area (Å²) < 4.78 is 5.01. The third-order valence-electron chi connectivity index (χ3n) is 3.37. The van der Waals surface area contributed by atoms with Crippen LogP contribution in [0.25, 0.3) is 0 Å². The molecule has 1 atom stereocenters. The zero-order valence-corrected chi connectivity index (χ0v) is 12.7. The average molecular weight is 297 g/mol. The number of rotatable bonds is 5. The van der Waals surface area contributed by atoms with E-state index in [1.54, 1.807) is 31.2 Å². The fourth-order valence-corrected chi connectivity index (χ4v) is 2.11. The number of carbonyl (C=O) groups excluding carboxylic acids is 2. The minimum atomic E-state index is -0.439. The van der Waals surface area contributed by atoms with E-state index in [1.165, 1.54) is 0 Å². The maximum absolute atomic E-state index is 12.4. The van der Waals surface area contributed by atoms with Gasteiger partial charge in [0.1, 0.15) is 0 Å². The lowest BCUT2D eigenvalue weighted by molar-refractivity contribution is -0.117. The first-order valence-electron chi connectivity index (χ1n) is 7.25. The van der Waals surface area contributed by atoms with Gasteiger partial charge in [-0.05, 0) is 31.5 Å². The minimum Gasteiger partial charge on any atom is -0.462 e. The first kappa shape index (κ1) is 15.8. The smallest absolute Gasteiger partial charge is 0.340 e. The van der Waals surface area contributed by atoms with Crippen LogP contribution in [-0.4, -0.2) is 18.5 Å². The van der Waals surface area contributed by atoms with Crippen LogP contribution in [0, 0.1) is 0 Å². The van der Waals surface area contributed by atoms with Crippen molar-refractivity contribution in [2.75, 3.05) is 11.9 Å². The molecule has 2 aromatic carbocycles. The van der Waals surface area contributed by atoms with Crippen LogP contribution in [0.1, 0.15) is 35.7 Å². The Morgan fingerprint density at radius 3 is 2.36 bits per heavy atom. The molecule has 0 spiro atoms. The highest BCUT2D eigenvalue weighted by atomic mass is 16.5. The van der Waals surface area contributed by atoms with Gasteiger partial charge in [0.05, 0.1) is 23.8 Å². The number of hydrogen-bond acceptors (Lipinski definition) is 3. The number of amides is 1. The summed E-state index contributed by atoms with van der Waals surface area (Å²) in [6, 6.07) is 16.3. The number of carbonyl (C=O) groups is 2. The molecule has 0 aliphatic heterocycles. The molecule has 0 aliphatic rings. The van der Waals surface area contributed by atoms with Gasteiger partial charge >= 0.3 is 5.97 Å². The number of benzene rings is 2. The van der Waals surface area contributed by atoms with Crippen molar-refractivity contribution in [1.82, 2.24) is 0 Å². The van der Waals surface area contributed by atoms with Gasteiger partial charge in [-0.15, -0.1) is 0 Å². The number of ether oxygens (including phenoxy) is 1. The van der Waals surface area contributed by atoms with Gasteiger partial charge in [0.2, 0.25) is 5.91 Å². The van der Waals surface area contributed by atoms with Gasteiger partial charge in [-0.3, -0.25) is 4.79 Å².